The molecule has 1 atom stereocenters. The maximum absolute atomic E-state index is 12.9. The van der Waals surface area contributed by atoms with Crippen LogP contribution in [0.3, 0.4) is 0 Å². The van der Waals surface area contributed by atoms with Crippen LogP contribution in [0.1, 0.15) is 51.4 Å². The van der Waals surface area contributed by atoms with Crippen LogP contribution in [-0.2, 0) is 14.3 Å². The van der Waals surface area contributed by atoms with Crippen LogP contribution in [-0.4, -0.2) is 30.2 Å². The molecule has 0 radical (unpaired) electrons. The highest BCUT2D eigenvalue weighted by Crippen LogP contribution is 2.27. The first kappa shape index (κ1) is 19.8. The molecule has 0 aromatic heterocycles. The van der Waals surface area contributed by atoms with E-state index in [-0.39, 0.29) is 17.9 Å². The molecule has 2 rings (SSSR count). The molecule has 0 bridgehead atoms. The number of hydrogen-bond acceptors (Lipinski definition) is 5. The van der Waals surface area contributed by atoms with E-state index in [1.165, 1.54) is 32.1 Å². The fourth-order valence-electron chi connectivity index (χ4n) is 2.65. The Morgan fingerprint density at radius 1 is 1.20 bits per heavy atom. The van der Waals surface area contributed by atoms with Gasteiger partial charge in [-0.2, -0.15) is 0 Å². The molecule has 0 saturated carbocycles. The molecule has 1 saturated heterocycles. The third kappa shape index (κ3) is 7.90. The topological polar surface area (TPSA) is 47.9 Å². The van der Waals surface area contributed by atoms with Crippen LogP contribution in [0.2, 0.25) is 0 Å². The van der Waals surface area contributed by atoms with E-state index in [0.717, 1.165) is 43.5 Å². The number of esters is 1. The van der Waals surface area contributed by atoms with Gasteiger partial charge in [0.25, 0.3) is 5.23 Å². The van der Waals surface area contributed by atoms with Gasteiger partial charge in [-0.3, -0.25) is 4.79 Å². The molecule has 1 aliphatic heterocycles. The summed E-state index contributed by atoms with van der Waals surface area (Å²) in [5, 5.41) is 0.680. The normalized spacial score (nSPS) is 18.3. The number of nitrogens with zero attached hydrogens (tertiary/aromatic N) is 1. The minimum atomic E-state index is -0.257. The number of rotatable bonds is 10. The maximum atomic E-state index is 12.9. The number of carbonyl (C=O) groups is 1. The van der Waals surface area contributed by atoms with Gasteiger partial charge in [-0.05, 0) is 43.5 Å². The zero-order valence-electron chi connectivity index (χ0n) is 14.7. The Morgan fingerprint density at radius 3 is 2.60 bits per heavy atom. The molecule has 0 aliphatic carbocycles. The Hall–Kier alpha value is -1.56. The molecule has 1 unspecified atom stereocenters. The Balaban J connectivity index is 1.53. The Kier molecular flexibility index (Phi) is 8.80. The SMILES string of the molecule is COC(=O)CCCCCCCCC1CSC(=Nc2ccc(F)cc2)O1. The van der Waals surface area contributed by atoms with Crippen LogP contribution in [0.5, 0.6) is 0 Å². The molecular formula is C19H26FNO3S. The zero-order valence-corrected chi connectivity index (χ0v) is 15.5. The highest BCUT2D eigenvalue weighted by atomic mass is 32.2. The number of aliphatic imine (C=N–C) groups is 1. The van der Waals surface area contributed by atoms with Gasteiger partial charge in [0, 0.05) is 12.2 Å². The first-order valence-electron chi connectivity index (χ1n) is 8.88. The lowest BCUT2D eigenvalue weighted by Gasteiger charge is -2.08. The summed E-state index contributed by atoms with van der Waals surface area (Å²) in [6.45, 7) is 0. The molecule has 1 heterocycles. The molecule has 1 fully saturated rings. The van der Waals surface area contributed by atoms with Crippen molar-refractivity contribution in [1.29, 1.82) is 0 Å². The van der Waals surface area contributed by atoms with Crippen LogP contribution in [0, 0.1) is 5.82 Å². The average molecular weight is 367 g/mol. The van der Waals surface area contributed by atoms with Gasteiger partial charge >= 0.3 is 5.97 Å². The highest BCUT2D eigenvalue weighted by Gasteiger charge is 2.22. The minimum absolute atomic E-state index is 0.117. The van der Waals surface area contributed by atoms with Gasteiger partial charge in [0.15, 0.2) is 0 Å². The van der Waals surface area contributed by atoms with Gasteiger partial charge in [0.2, 0.25) is 0 Å². The van der Waals surface area contributed by atoms with Crippen LogP contribution < -0.4 is 0 Å². The van der Waals surface area contributed by atoms with Crippen molar-refractivity contribution in [2.75, 3.05) is 12.9 Å². The second-order valence-corrected chi connectivity index (χ2v) is 7.11. The summed E-state index contributed by atoms with van der Waals surface area (Å²) < 4.78 is 23.3. The standard InChI is InChI=1S/C19H26FNO3S/c1-23-18(22)9-7-5-3-2-4-6-8-17-14-25-19(24-17)21-16-12-10-15(20)11-13-16/h10-13,17H,2-9,14H2,1H3. The maximum Gasteiger partial charge on any atom is 0.305 e. The summed E-state index contributed by atoms with van der Waals surface area (Å²) in [5.41, 5.74) is 0.719. The lowest BCUT2D eigenvalue weighted by Crippen LogP contribution is -2.09. The number of ether oxygens (including phenoxy) is 2. The van der Waals surface area contributed by atoms with E-state index in [0.29, 0.717) is 11.7 Å². The minimum Gasteiger partial charge on any atom is -0.469 e. The third-order valence-corrected chi connectivity index (χ3v) is 5.06. The monoisotopic (exact) mass is 367 g/mol. The van der Waals surface area contributed by atoms with Crippen molar-refractivity contribution in [2.45, 2.75) is 57.5 Å². The zero-order chi connectivity index (χ0) is 17.9. The summed E-state index contributed by atoms with van der Waals surface area (Å²) in [6.07, 6.45) is 8.48. The van der Waals surface area contributed by atoms with Crippen molar-refractivity contribution < 1.29 is 18.7 Å². The highest BCUT2D eigenvalue weighted by molar-refractivity contribution is 8.13. The quantitative estimate of drug-likeness (QED) is 0.419. The molecule has 6 heteroatoms. The summed E-state index contributed by atoms with van der Waals surface area (Å²) in [6, 6.07) is 6.11. The smallest absolute Gasteiger partial charge is 0.305 e. The summed E-state index contributed by atoms with van der Waals surface area (Å²) in [4.78, 5) is 15.4. The fourth-order valence-corrected chi connectivity index (χ4v) is 3.58. The van der Waals surface area contributed by atoms with E-state index in [2.05, 4.69) is 9.73 Å². The number of halogens is 1. The third-order valence-electron chi connectivity index (χ3n) is 4.09. The van der Waals surface area contributed by atoms with Gasteiger partial charge in [-0.15, -0.1) is 0 Å². The van der Waals surface area contributed by atoms with Crippen molar-refractivity contribution >= 4 is 28.6 Å². The van der Waals surface area contributed by atoms with Crippen LogP contribution in [0.25, 0.3) is 0 Å². The van der Waals surface area contributed by atoms with Crippen molar-refractivity contribution in [2.24, 2.45) is 4.99 Å². The first-order chi connectivity index (χ1) is 12.2. The molecule has 25 heavy (non-hydrogen) atoms. The second kappa shape index (κ2) is 11.1. The Bertz CT molecular complexity index is 562. The number of methoxy groups -OCH3 is 1. The molecule has 0 N–H and O–H groups in total. The van der Waals surface area contributed by atoms with Gasteiger partial charge in [-0.1, -0.05) is 37.4 Å². The van der Waals surface area contributed by atoms with Crippen LogP contribution >= 0.6 is 11.8 Å². The molecule has 1 aliphatic rings. The number of carbonyl (C=O) groups excluding carboxylic acids is 1. The molecule has 138 valence electrons. The first-order valence-corrected chi connectivity index (χ1v) is 9.86. The largest absolute Gasteiger partial charge is 0.469 e. The van der Waals surface area contributed by atoms with E-state index in [1.54, 1.807) is 23.9 Å². The molecule has 1 aromatic rings. The number of thioether (sulfide) groups is 1. The lowest BCUT2D eigenvalue weighted by molar-refractivity contribution is -0.140. The van der Waals surface area contributed by atoms with E-state index < -0.39 is 0 Å². The molecule has 1 aromatic carbocycles. The van der Waals surface area contributed by atoms with Crippen molar-refractivity contribution in [3.8, 4) is 0 Å². The summed E-state index contributed by atoms with van der Waals surface area (Å²) >= 11 is 1.62. The molecule has 0 amide bonds. The Labute approximate surface area is 153 Å². The van der Waals surface area contributed by atoms with E-state index >= 15 is 0 Å². The van der Waals surface area contributed by atoms with Crippen LogP contribution in [0.4, 0.5) is 10.1 Å². The number of hydrogen-bond donors (Lipinski definition) is 0. The average Bonchev–Trinajstić information content (AvgIpc) is 3.06. The Morgan fingerprint density at radius 2 is 1.88 bits per heavy atom. The lowest BCUT2D eigenvalue weighted by atomic mass is 10.1. The fraction of sp³-hybridized carbons (Fsp3) is 0.579. The van der Waals surface area contributed by atoms with E-state index in [9.17, 15) is 9.18 Å². The molecular weight excluding hydrogens is 341 g/mol. The molecule has 0 spiro atoms. The summed E-state index contributed by atoms with van der Waals surface area (Å²) in [7, 11) is 1.43. The predicted octanol–water partition coefficient (Wildman–Crippen LogP) is 5.24. The summed E-state index contributed by atoms with van der Waals surface area (Å²) in [5.74, 6) is 0.556. The second-order valence-electron chi connectivity index (χ2n) is 6.14. The van der Waals surface area contributed by atoms with Crippen molar-refractivity contribution in [1.82, 2.24) is 0 Å². The number of unbranched alkanes of at least 4 members (excludes halogenated alkanes) is 5. The van der Waals surface area contributed by atoms with Crippen molar-refractivity contribution in [3.63, 3.8) is 0 Å². The van der Waals surface area contributed by atoms with Crippen molar-refractivity contribution in [3.05, 3.63) is 30.1 Å². The molecule has 4 nitrogen and oxygen atoms in total. The van der Waals surface area contributed by atoms with E-state index in [1.807, 2.05) is 0 Å². The van der Waals surface area contributed by atoms with Gasteiger partial charge in [0.05, 0.1) is 12.8 Å². The van der Waals surface area contributed by atoms with E-state index in [4.69, 9.17) is 4.74 Å². The van der Waals surface area contributed by atoms with Gasteiger partial charge < -0.3 is 9.47 Å². The van der Waals surface area contributed by atoms with Crippen LogP contribution in [0.15, 0.2) is 29.3 Å². The number of benzene rings is 1. The van der Waals surface area contributed by atoms with Gasteiger partial charge in [-0.25, -0.2) is 9.38 Å². The predicted molar refractivity (Wildman–Crippen MR) is 99.8 cm³/mol. The van der Waals surface area contributed by atoms with Gasteiger partial charge in [0.1, 0.15) is 11.9 Å².